The summed E-state index contributed by atoms with van der Waals surface area (Å²) in [6.45, 7) is 4.55. The van der Waals surface area contributed by atoms with Crippen molar-refractivity contribution in [1.29, 1.82) is 0 Å². The molecule has 154 valence electrons. The first kappa shape index (κ1) is 20.6. The monoisotopic (exact) mass is 421 g/mol. The van der Waals surface area contributed by atoms with Gasteiger partial charge in [-0.15, -0.1) is 0 Å². The summed E-state index contributed by atoms with van der Waals surface area (Å²) < 4.78 is 0. The summed E-state index contributed by atoms with van der Waals surface area (Å²) in [5, 5.41) is 3.65. The normalized spacial score (nSPS) is 18.9. The highest BCUT2D eigenvalue weighted by atomic mass is 35.5. The van der Waals surface area contributed by atoms with Crippen molar-refractivity contribution in [2.75, 3.05) is 38.0 Å². The number of hydrogen-bond donors (Lipinski definition) is 3. The van der Waals surface area contributed by atoms with Crippen molar-refractivity contribution in [3.8, 4) is 0 Å². The molecule has 0 radical (unpaired) electrons. The van der Waals surface area contributed by atoms with Crippen molar-refractivity contribution in [1.82, 2.24) is 0 Å². The lowest BCUT2D eigenvalue weighted by Crippen LogP contribution is -3.28. The Bertz CT molecular complexity index is 900. The van der Waals surface area contributed by atoms with E-state index in [0.29, 0.717) is 17.6 Å². The molecule has 4 rings (SSSR count). The predicted octanol–water partition coefficient (Wildman–Crippen LogP) is 1.85. The molecule has 1 saturated heterocycles. The van der Waals surface area contributed by atoms with Crippen molar-refractivity contribution in [2.24, 2.45) is 0 Å². The van der Waals surface area contributed by atoms with Crippen molar-refractivity contribution in [2.45, 2.75) is 6.04 Å². The Balaban J connectivity index is 1.37. The van der Waals surface area contributed by atoms with E-state index >= 15 is 0 Å². The molecule has 30 heavy (non-hydrogen) atoms. The van der Waals surface area contributed by atoms with E-state index in [1.54, 1.807) is 17.0 Å². The summed E-state index contributed by atoms with van der Waals surface area (Å²) in [4.78, 5) is 15.4. The number of nitrogens with one attached hydrogen (secondary N) is 3. The fourth-order valence-corrected chi connectivity index (χ4v) is 4.44. The molecule has 3 aromatic rings. The second-order valence-electron chi connectivity index (χ2n) is 7.89. The molecule has 0 unspecified atom stereocenters. The number of amides is 1. The fraction of sp³-hybridized carbons (Fsp3) is 0.240. The van der Waals surface area contributed by atoms with Gasteiger partial charge in [0.05, 0.1) is 0 Å². The van der Waals surface area contributed by atoms with E-state index in [0.717, 1.165) is 31.9 Å². The van der Waals surface area contributed by atoms with Crippen LogP contribution in [0, 0.1) is 0 Å². The number of quaternary nitrogens is 2. The average molecular weight is 422 g/mol. The first-order chi connectivity index (χ1) is 14.7. The largest absolute Gasteiger partial charge is 0.321 e. The predicted molar refractivity (Wildman–Crippen MR) is 121 cm³/mol. The molecule has 0 spiro atoms. The molecule has 0 aliphatic carbocycles. The summed E-state index contributed by atoms with van der Waals surface area (Å²) in [6.07, 6.45) is 0. The van der Waals surface area contributed by atoms with Gasteiger partial charge in [-0.2, -0.15) is 0 Å². The van der Waals surface area contributed by atoms with E-state index in [9.17, 15) is 4.79 Å². The molecule has 3 aromatic carbocycles. The maximum Gasteiger partial charge on any atom is 0.279 e. The van der Waals surface area contributed by atoms with E-state index in [1.807, 2.05) is 12.1 Å². The van der Waals surface area contributed by atoms with Crippen LogP contribution < -0.4 is 15.1 Å². The van der Waals surface area contributed by atoms with E-state index in [4.69, 9.17) is 11.6 Å². The van der Waals surface area contributed by atoms with Gasteiger partial charge in [-0.3, -0.25) is 4.79 Å². The standard InChI is InChI=1S/C25H26ClN3O/c26-22-11-13-23(14-12-22)27-24(30)19-28-15-17-29(18-16-28)25(20-7-3-1-4-8-20)21-9-5-2-6-10-21/h1-14,25H,15-19H2,(H,27,30)/p+2. The van der Waals surface area contributed by atoms with Gasteiger partial charge in [0.2, 0.25) is 0 Å². The summed E-state index contributed by atoms with van der Waals surface area (Å²) in [5.74, 6) is 0.0541. The van der Waals surface area contributed by atoms with Crippen molar-refractivity contribution >= 4 is 23.2 Å². The van der Waals surface area contributed by atoms with Crippen LogP contribution in [0.15, 0.2) is 84.9 Å². The molecule has 1 aliphatic rings. The van der Waals surface area contributed by atoms with Crippen LogP contribution in [0.3, 0.4) is 0 Å². The number of rotatable bonds is 6. The zero-order chi connectivity index (χ0) is 20.8. The minimum atomic E-state index is 0.0541. The van der Waals surface area contributed by atoms with Crippen molar-refractivity contribution in [3.05, 3.63) is 101 Å². The van der Waals surface area contributed by atoms with Gasteiger partial charge in [-0.25, -0.2) is 0 Å². The molecule has 5 heteroatoms. The van der Waals surface area contributed by atoms with Crippen LogP contribution in [0.2, 0.25) is 5.02 Å². The van der Waals surface area contributed by atoms with Gasteiger partial charge >= 0.3 is 0 Å². The number of carbonyl (C=O) groups excluding carboxylic acids is 1. The van der Waals surface area contributed by atoms with Crippen LogP contribution in [0.1, 0.15) is 17.2 Å². The third kappa shape index (κ3) is 5.28. The molecule has 0 aromatic heterocycles. The van der Waals surface area contributed by atoms with Gasteiger partial charge in [-0.05, 0) is 24.3 Å². The Morgan fingerprint density at radius 3 is 1.87 bits per heavy atom. The van der Waals surface area contributed by atoms with Gasteiger partial charge in [0, 0.05) is 21.8 Å². The molecular weight excluding hydrogens is 394 g/mol. The quantitative estimate of drug-likeness (QED) is 0.558. The summed E-state index contributed by atoms with van der Waals surface area (Å²) in [7, 11) is 0. The topological polar surface area (TPSA) is 38.0 Å². The lowest BCUT2D eigenvalue weighted by molar-refractivity contribution is -1.02. The third-order valence-electron chi connectivity index (χ3n) is 5.81. The number of hydrogen-bond acceptors (Lipinski definition) is 1. The molecule has 0 saturated carbocycles. The first-order valence-electron chi connectivity index (χ1n) is 10.5. The smallest absolute Gasteiger partial charge is 0.279 e. The molecule has 4 nitrogen and oxygen atoms in total. The van der Waals surface area contributed by atoms with Crippen LogP contribution in [0.4, 0.5) is 5.69 Å². The Morgan fingerprint density at radius 2 is 1.33 bits per heavy atom. The second kappa shape index (κ2) is 9.90. The highest BCUT2D eigenvalue weighted by molar-refractivity contribution is 6.30. The van der Waals surface area contributed by atoms with Crippen LogP contribution in [0.25, 0.3) is 0 Å². The van der Waals surface area contributed by atoms with Gasteiger partial charge in [-0.1, -0.05) is 72.3 Å². The highest BCUT2D eigenvalue weighted by Gasteiger charge is 2.32. The lowest BCUT2D eigenvalue weighted by atomic mass is 9.96. The molecule has 1 amide bonds. The minimum absolute atomic E-state index is 0.0541. The van der Waals surface area contributed by atoms with Crippen molar-refractivity contribution < 1.29 is 14.6 Å². The summed E-state index contributed by atoms with van der Waals surface area (Å²) in [6, 6.07) is 29.1. The molecule has 1 aliphatic heterocycles. The van der Waals surface area contributed by atoms with Crippen molar-refractivity contribution in [3.63, 3.8) is 0 Å². The number of carbonyl (C=O) groups is 1. The van der Waals surface area contributed by atoms with Crippen LogP contribution >= 0.6 is 11.6 Å². The Kier molecular flexibility index (Phi) is 6.80. The van der Waals surface area contributed by atoms with E-state index in [1.165, 1.54) is 16.0 Å². The lowest BCUT2D eigenvalue weighted by Gasteiger charge is -2.34. The first-order valence-corrected chi connectivity index (χ1v) is 10.9. The van der Waals surface area contributed by atoms with Gasteiger partial charge < -0.3 is 15.1 Å². The SMILES string of the molecule is O=C(C[NH+]1CC[NH+](C(c2ccccc2)c2ccccc2)CC1)Nc1ccc(Cl)cc1. The Hall–Kier alpha value is -2.66. The number of halogens is 1. The number of piperazine rings is 1. The van der Waals surface area contributed by atoms with Gasteiger partial charge in [0.25, 0.3) is 5.91 Å². The zero-order valence-corrected chi connectivity index (χ0v) is 17.7. The van der Waals surface area contributed by atoms with Crippen LogP contribution in [-0.2, 0) is 4.79 Å². The Morgan fingerprint density at radius 1 is 0.800 bits per heavy atom. The molecular formula is C25H28ClN3O+2. The molecule has 0 bridgehead atoms. The Labute approximate surface area is 183 Å². The average Bonchev–Trinajstić information content (AvgIpc) is 2.78. The molecule has 0 atom stereocenters. The van der Waals surface area contributed by atoms with Gasteiger partial charge in [0.15, 0.2) is 6.54 Å². The molecule has 3 N–H and O–H groups in total. The maximum atomic E-state index is 12.5. The van der Waals surface area contributed by atoms with E-state index in [-0.39, 0.29) is 5.91 Å². The van der Waals surface area contributed by atoms with Crippen LogP contribution in [-0.4, -0.2) is 38.6 Å². The minimum Gasteiger partial charge on any atom is -0.321 e. The fourth-order valence-electron chi connectivity index (χ4n) is 4.31. The van der Waals surface area contributed by atoms with Gasteiger partial charge in [0.1, 0.15) is 32.2 Å². The third-order valence-corrected chi connectivity index (χ3v) is 6.06. The number of benzene rings is 3. The van der Waals surface area contributed by atoms with Crippen LogP contribution in [0.5, 0.6) is 0 Å². The molecule has 1 fully saturated rings. The number of anilines is 1. The van der Waals surface area contributed by atoms with E-state index < -0.39 is 0 Å². The van der Waals surface area contributed by atoms with E-state index in [2.05, 4.69) is 66.0 Å². The molecule has 1 heterocycles. The maximum absolute atomic E-state index is 12.5. The summed E-state index contributed by atoms with van der Waals surface area (Å²) >= 11 is 5.91. The highest BCUT2D eigenvalue weighted by Crippen LogP contribution is 2.18. The zero-order valence-electron chi connectivity index (χ0n) is 17.0. The second-order valence-corrected chi connectivity index (χ2v) is 8.33. The summed E-state index contributed by atoms with van der Waals surface area (Å²) in [5.41, 5.74) is 3.49.